The summed E-state index contributed by atoms with van der Waals surface area (Å²) in [6, 6.07) is 5.46. The Hall–Kier alpha value is -2.45. The zero-order valence-electron chi connectivity index (χ0n) is 16.6. The number of fused-ring (bicyclic) bond motifs is 1. The fraction of sp³-hybridized carbons (Fsp3) is 0.333. The molecule has 0 radical (unpaired) electrons. The van der Waals surface area contributed by atoms with Crippen molar-refractivity contribution in [3.8, 4) is 0 Å². The predicted molar refractivity (Wildman–Crippen MR) is 124 cm³/mol. The monoisotopic (exact) mass is 428 g/mol. The molecule has 0 unspecified atom stereocenters. The summed E-state index contributed by atoms with van der Waals surface area (Å²) in [5.41, 5.74) is 0.799. The average molecular weight is 429 g/mol. The summed E-state index contributed by atoms with van der Waals surface area (Å²) in [5.74, 6) is 0.403. The number of pyridine rings is 1. The summed E-state index contributed by atoms with van der Waals surface area (Å²) in [6.07, 6.45) is 6.83. The van der Waals surface area contributed by atoms with Crippen LogP contribution in [0.2, 0.25) is 0 Å². The Morgan fingerprint density at radius 1 is 1.24 bits per heavy atom. The third-order valence-electron chi connectivity index (χ3n) is 4.50. The van der Waals surface area contributed by atoms with Gasteiger partial charge in [0.25, 0.3) is 11.5 Å². The number of hydrogen-bond donors (Lipinski definition) is 0. The van der Waals surface area contributed by atoms with Crippen LogP contribution in [0.25, 0.3) is 11.7 Å². The predicted octanol–water partition coefficient (Wildman–Crippen LogP) is 3.71. The number of carbonyl (C=O) groups excluding carboxylic acids is 1. The average Bonchev–Trinajstić information content (AvgIpc) is 2.97. The molecule has 1 amide bonds. The quantitative estimate of drug-likeness (QED) is 0.363. The molecule has 0 spiro atoms. The van der Waals surface area contributed by atoms with E-state index in [-0.39, 0.29) is 11.5 Å². The van der Waals surface area contributed by atoms with E-state index in [1.54, 1.807) is 24.4 Å². The van der Waals surface area contributed by atoms with Crippen LogP contribution >= 0.6 is 24.0 Å². The van der Waals surface area contributed by atoms with Gasteiger partial charge in [0.15, 0.2) is 0 Å². The van der Waals surface area contributed by atoms with Crippen molar-refractivity contribution in [1.29, 1.82) is 0 Å². The smallest absolute Gasteiger partial charge is 0.267 e. The van der Waals surface area contributed by atoms with Gasteiger partial charge in [0.2, 0.25) is 0 Å². The highest BCUT2D eigenvalue weighted by molar-refractivity contribution is 8.26. The molecule has 1 fully saturated rings. The van der Waals surface area contributed by atoms with Crippen LogP contribution < -0.4 is 10.5 Å². The first-order valence-corrected chi connectivity index (χ1v) is 10.9. The van der Waals surface area contributed by atoms with E-state index in [0.717, 1.165) is 25.9 Å². The van der Waals surface area contributed by atoms with Crippen LogP contribution in [0.15, 0.2) is 46.8 Å². The lowest BCUT2D eigenvalue weighted by Gasteiger charge is -2.24. The van der Waals surface area contributed by atoms with Gasteiger partial charge in [-0.15, -0.1) is 6.58 Å². The molecule has 0 aromatic carbocycles. The Morgan fingerprint density at radius 3 is 2.62 bits per heavy atom. The molecule has 1 aliphatic rings. The van der Waals surface area contributed by atoms with Crippen molar-refractivity contribution in [2.24, 2.45) is 0 Å². The molecule has 8 heteroatoms. The number of rotatable bonds is 8. The van der Waals surface area contributed by atoms with Crippen LogP contribution in [0.1, 0.15) is 32.3 Å². The second-order valence-electron chi connectivity index (χ2n) is 6.65. The summed E-state index contributed by atoms with van der Waals surface area (Å²) in [7, 11) is 0. The van der Waals surface area contributed by atoms with E-state index in [1.165, 1.54) is 21.1 Å². The highest BCUT2D eigenvalue weighted by atomic mass is 32.2. The Morgan fingerprint density at radius 2 is 1.97 bits per heavy atom. The Bertz CT molecular complexity index is 1040. The Balaban J connectivity index is 2.20. The summed E-state index contributed by atoms with van der Waals surface area (Å²) < 4.78 is 1.98. The van der Waals surface area contributed by atoms with E-state index in [2.05, 4.69) is 25.3 Å². The fourth-order valence-corrected chi connectivity index (χ4v) is 4.50. The number of nitrogens with zero attached hydrogens (tertiary/aromatic N) is 4. The highest BCUT2D eigenvalue weighted by Crippen LogP contribution is 2.33. The molecule has 152 valence electrons. The van der Waals surface area contributed by atoms with Gasteiger partial charge in [-0.05, 0) is 31.1 Å². The molecular weight excluding hydrogens is 404 g/mol. The fourth-order valence-electron chi connectivity index (χ4n) is 3.24. The SMILES string of the molecule is C=CCN1C(=O)C(=Cc2c(N(CCC)CCC)nc3ccccn3c2=O)SC1=S. The number of carbonyl (C=O) groups is 1. The lowest BCUT2D eigenvalue weighted by Crippen LogP contribution is -2.31. The Kier molecular flexibility index (Phi) is 6.87. The lowest BCUT2D eigenvalue weighted by atomic mass is 10.2. The molecular formula is C21H24N4O2S2. The lowest BCUT2D eigenvalue weighted by molar-refractivity contribution is -0.121. The molecule has 3 heterocycles. The minimum absolute atomic E-state index is 0.197. The van der Waals surface area contributed by atoms with E-state index in [0.29, 0.717) is 32.8 Å². The van der Waals surface area contributed by atoms with Gasteiger partial charge in [-0.25, -0.2) is 4.98 Å². The first-order valence-electron chi connectivity index (χ1n) is 9.64. The van der Waals surface area contributed by atoms with Crippen LogP contribution in [0.3, 0.4) is 0 Å². The zero-order chi connectivity index (χ0) is 21.0. The maximum atomic E-state index is 13.3. The van der Waals surface area contributed by atoms with E-state index in [4.69, 9.17) is 17.2 Å². The van der Waals surface area contributed by atoms with E-state index < -0.39 is 0 Å². The van der Waals surface area contributed by atoms with Crippen molar-refractivity contribution in [3.05, 3.63) is 57.9 Å². The normalized spacial score (nSPS) is 15.5. The molecule has 0 bridgehead atoms. The number of anilines is 1. The van der Waals surface area contributed by atoms with Crippen molar-refractivity contribution in [2.75, 3.05) is 24.5 Å². The number of hydrogen-bond acceptors (Lipinski definition) is 6. The first-order chi connectivity index (χ1) is 14.0. The molecule has 2 aromatic heterocycles. The number of aromatic nitrogens is 2. The maximum Gasteiger partial charge on any atom is 0.267 e. The zero-order valence-corrected chi connectivity index (χ0v) is 18.3. The second-order valence-corrected chi connectivity index (χ2v) is 8.33. The van der Waals surface area contributed by atoms with Gasteiger partial charge in [0.05, 0.1) is 10.5 Å². The standard InChI is InChI=1S/C21H24N4O2S2/c1-4-10-23(11-5-2)18-15(19(26)24-13-8-7-9-17(24)22-18)14-16-20(27)25(12-6-3)21(28)29-16/h6-9,13-14H,3-5,10-12H2,1-2H3. The van der Waals surface area contributed by atoms with Crippen molar-refractivity contribution < 1.29 is 4.79 Å². The van der Waals surface area contributed by atoms with Crippen LogP contribution in [0.5, 0.6) is 0 Å². The molecule has 1 aliphatic heterocycles. The highest BCUT2D eigenvalue weighted by Gasteiger charge is 2.32. The van der Waals surface area contributed by atoms with Gasteiger partial charge in [0.1, 0.15) is 15.8 Å². The van der Waals surface area contributed by atoms with Crippen molar-refractivity contribution in [1.82, 2.24) is 14.3 Å². The minimum Gasteiger partial charge on any atom is -0.356 e. The van der Waals surface area contributed by atoms with E-state index in [9.17, 15) is 9.59 Å². The van der Waals surface area contributed by atoms with Gasteiger partial charge < -0.3 is 4.90 Å². The molecule has 2 aromatic rings. The van der Waals surface area contributed by atoms with Gasteiger partial charge >= 0.3 is 0 Å². The number of amides is 1. The second kappa shape index (κ2) is 9.37. The molecule has 0 atom stereocenters. The molecule has 3 rings (SSSR count). The largest absolute Gasteiger partial charge is 0.356 e. The van der Waals surface area contributed by atoms with Gasteiger partial charge in [-0.2, -0.15) is 0 Å². The molecule has 29 heavy (non-hydrogen) atoms. The third-order valence-corrected chi connectivity index (χ3v) is 5.87. The molecule has 0 aliphatic carbocycles. The van der Waals surface area contributed by atoms with E-state index in [1.807, 2.05) is 12.1 Å². The third kappa shape index (κ3) is 4.28. The van der Waals surface area contributed by atoms with Crippen LogP contribution in [-0.2, 0) is 4.79 Å². The van der Waals surface area contributed by atoms with Gasteiger partial charge in [-0.3, -0.25) is 18.9 Å². The maximum absolute atomic E-state index is 13.3. The minimum atomic E-state index is -0.207. The summed E-state index contributed by atoms with van der Waals surface area (Å²) >= 11 is 6.53. The molecule has 6 nitrogen and oxygen atoms in total. The van der Waals surface area contributed by atoms with Crippen LogP contribution in [0, 0.1) is 0 Å². The first kappa shape index (κ1) is 21.3. The topological polar surface area (TPSA) is 57.9 Å². The van der Waals surface area contributed by atoms with Crippen molar-refractivity contribution in [2.45, 2.75) is 26.7 Å². The summed E-state index contributed by atoms with van der Waals surface area (Å²) in [6.45, 7) is 9.77. The number of thioether (sulfide) groups is 1. The Labute approximate surface area is 179 Å². The van der Waals surface area contributed by atoms with Crippen LogP contribution in [0.4, 0.5) is 5.82 Å². The van der Waals surface area contributed by atoms with E-state index >= 15 is 0 Å². The summed E-state index contributed by atoms with van der Waals surface area (Å²) in [4.78, 5) is 34.9. The van der Waals surface area contributed by atoms with Crippen molar-refractivity contribution in [3.63, 3.8) is 0 Å². The van der Waals surface area contributed by atoms with Gasteiger partial charge in [0, 0.05) is 25.8 Å². The van der Waals surface area contributed by atoms with Gasteiger partial charge in [-0.1, -0.05) is 50.0 Å². The van der Waals surface area contributed by atoms with Crippen molar-refractivity contribution >= 4 is 51.7 Å². The molecule has 1 saturated heterocycles. The van der Waals surface area contributed by atoms with Crippen LogP contribution in [-0.4, -0.2) is 44.1 Å². The summed E-state index contributed by atoms with van der Waals surface area (Å²) in [5, 5.41) is 0. The molecule has 0 saturated carbocycles. The molecule has 0 N–H and O–H groups in total. The number of thiocarbonyl (C=S) groups is 1.